The zero-order valence-electron chi connectivity index (χ0n) is 11.2. The molecule has 1 aromatic heterocycles. The van der Waals surface area contributed by atoms with Gasteiger partial charge in [0, 0.05) is 10.9 Å². The summed E-state index contributed by atoms with van der Waals surface area (Å²) in [5.74, 6) is 1.06. The summed E-state index contributed by atoms with van der Waals surface area (Å²) in [5, 5.41) is 5.50. The monoisotopic (exact) mass is 273 g/mol. The second-order valence-corrected chi connectivity index (χ2v) is 5.96. The van der Waals surface area contributed by atoms with Crippen LogP contribution in [0.25, 0.3) is 0 Å². The van der Waals surface area contributed by atoms with E-state index in [9.17, 15) is 0 Å². The summed E-state index contributed by atoms with van der Waals surface area (Å²) in [6, 6.07) is 11.1. The van der Waals surface area contributed by atoms with Crippen LogP contribution in [-0.2, 0) is 13.0 Å². The first-order chi connectivity index (χ1) is 9.38. The van der Waals surface area contributed by atoms with Gasteiger partial charge in [-0.1, -0.05) is 18.2 Å². The Labute approximate surface area is 118 Å². The van der Waals surface area contributed by atoms with Crippen molar-refractivity contribution in [3.05, 3.63) is 51.7 Å². The highest BCUT2D eigenvalue weighted by molar-refractivity contribution is 7.09. The molecule has 0 saturated carbocycles. The molecule has 0 saturated heterocycles. The van der Waals surface area contributed by atoms with E-state index in [0.717, 1.165) is 12.2 Å². The molecule has 1 unspecified atom stereocenters. The highest BCUT2D eigenvalue weighted by Gasteiger charge is 2.21. The third kappa shape index (κ3) is 2.67. The van der Waals surface area contributed by atoms with Crippen LogP contribution < -0.4 is 10.1 Å². The Balaban J connectivity index is 1.82. The lowest BCUT2D eigenvalue weighted by atomic mass is 9.87. The minimum Gasteiger partial charge on any atom is -0.488 e. The summed E-state index contributed by atoms with van der Waals surface area (Å²) in [6.07, 6.45) is 3.59. The molecule has 0 bridgehead atoms. The van der Waals surface area contributed by atoms with E-state index in [-0.39, 0.29) is 0 Å². The molecule has 1 heterocycles. The molecule has 19 heavy (non-hydrogen) atoms. The van der Waals surface area contributed by atoms with Gasteiger partial charge >= 0.3 is 0 Å². The van der Waals surface area contributed by atoms with Gasteiger partial charge in [0.05, 0.1) is 0 Å². The second kappa shape index (κ2) is 5.76. The lowest BCUT2D eigenvalue weighted by Crippen LogP contribution is -2.21. The van der Waals surface area contributed by atoms with Gasteiger partial charge in [0.1, 0.15) is 12.4 Å². The third-order valence-electron chi connectivity index (χ3n) is 3.76. The number of hydrogen-bond donors (Lipinski definition) is 1. The number of fused-ring (bicyclic) bond motifs is 1. The van der Waals surface area contributed by atoms with E-state index in [1.54, 1.807) is 11.3 Å². The lowest BCUT2D eigenvalue weighted by Gasteiger charge is -2.26. The van der Waals surface area contributed by atoms with Crippen LogP contribution in [0.1, 0.15) is 34.9 Å². The molecule has 1 N–H and O–H groups in total. The number of hydrogen-bond acceptors (Lipinski definition) is 3. The van der Waals surface area contributed by atoms with Gasteiger partial charge in [-0.2, -0.15) is 0 Å². The average molecular weight is 273 g/mol. The Bertz CT molecular complexity index is 536. The van der Waals surface area contributed by atoms with Gasteiger partial charge in [-0.3, -0.25) is 0 Å². The van der Waals surface area contributed by atoms with Gasteiger partial charge in [0.25, 0.3) is 0 Å². The molecule has 0 spiro atoms. The van der Waals surface area contributed by atoms with Crippen LogP contribution in [0, 0.1) is 0 Å². The summed E-state index contributed by atoms with van der Waals surface area (Å²) < 4.78 is 6.02. The molecule has 2 aromatic rings. The van der Waals surface area contributed by atoms with Crippen LogP contribution in [0.2, 0.25) is 0 Å². The summed E-state index contributed by atoms with van der Waals surface area (Å²) in [7, 11) is 2.04. The van der Waals surface area contributed by atoms with Gasteiger partial charge in [-0.05, 0) is 54.9 Å². The largest absolute Gasteiger partial charge is 0.488 e. The Kier molecular flexibility index (Phi) is 3.85. The Hall–Kier alpha value is -1.32. The normalized spacial score (nSPS) is 18.1. The van der Waals surface area contributed by atoms with Crippen LogP contribution in [0.4, 0.5) is 0 Å². The van der Waals surface area contributed by atoms with Crippen molar-refractivity contribution in [2.75, 3.05) is 7.05 Å². The minimum atomic E-state index is 0.481. The quantitative estimate of drug-likeness (QED) is 0.911. The molecule has 1 aliphatic rings. The van der Waals surface area contributed by atoms with Crippen LogP contribution >= 0.6 is 11.3 Å². The van der Waals surface area contributed by atoms with Gasteiger partial charge in [-0.25, -0.2) is 0 Å². The van der Waals surface area contributed by atoms with Crippen molar-refractivity contribution in [2.45, 2.75) is 31.9 Å². The lowest BCUT2D eigenvalue weighted by molar-refractivity contribution is 0.303. The highest BCUT2D eigenvalue weighted by atomic mass is 32.1. The fourth-order valence-corrected chi connectivity index (χ4v) is 3.41. The van der Waals surface area contributed by atoms with E-state index in [2.05, 4.69) is 41.0 Å². The number of nitrogens with one attached hydrogen (secondary N) is 1. The number of ether oxygens (including phenoxy) is 1. The molecule has 0 fully saturated rings. The number of thiophene rings is 1. The molecule has 0 radical (unpaired) electrons. The van der Waals surface area contributed by atoms with Crippen molar-refractivity contribution >= 4 is 11.3 Å². The molecule has 2 nitrogen and oxygen atoms in total. The minimum absolute atomic E-state index is 0.481. The number of benzene rings is 1. The van der Waals surface area contributed by atoms with Crippen LogP contribution in [0.3, 0.4) is 0 Å². The Morgan fingerprint density at radius 2 is 2.26 bits per heavy atom. The average Bonchev–Trinajstić information content (AvgIpc) is 2.97. The van der Waals surface area contributed by atoms with E-state index in [0.29, 0.717) is 12.6 Å². The molecule has 1 aromatic carbocycles. The van der Waals surface area contributed by atoms with E-state index in [4.69, 9.17) is 4.74 Å². The highest BCUT2D eigenvalue weighted by Crippen LogP contribution is 2.35. The zero-order valence-corrected chi connectivity index (χ0v) is 12.0. The Morgan fingerprint density at radius 1 is 1.32 bits per heavy atom. The standard InChI is InChI=1S/C16H19NOS/c1-17-15-8-2-7-14-13(15)6-3-9-16(14)18-11-12-5-4-10-19-12/h3-6,9-10,15,17H,2,7-8,11H2,1H3. The maximum absolute atomic E-state index is 6.02. The predicted octanol–water partition coefficient (Wildman–Crippen LogP) is 3.92. The van der Waals surface area contributed by atoms with Gasteiger partial charge in [0.2, 0.25) is 0 Å². The van der Waals surface area contributed by atoms with Crippen molar-refractivity contribution in [3.8, 4) is 5.75 Å². The smallest absolute Gasteiger partial charge is 0.123 e. The second-order valence-electron chi connectivity index (χ2n) is 4.93. The summed E-state index contributed by atoms with van der Waals surface area (Å²) in [4.78, 5) is 1.28. The topological polar surface area (TPSA) is 21.3 Å². The molecule has 3 rings (SSSR count). The Morgan fingerprint density at radius 3 is 3.05 bits per heavy atom. The maximum atomic E-state index is 6.02. The first kappa shape index (κ1) is 12.7. The van der Waals surface area contributed by atoms with E-state index in [1.807, 2.05) is 7.05 Å². The maximum Gasteiger partial charge on any atom is 0.123 e. The summed E-state index contributed by atoms with van der Waals surface area (Å²) in [6.45, 7) is 0.679. The fraction of sp³-hybridized carbons (Fsp3) is 0.375. The molecule has 0 amide bonds. The summed E-state index contributed by atoms with van der Waals surface area (Å²) >= 11 is 1.75. The molecule has 1 aliphatic carbocycles. The van der Waals surface area contributed by atoms with E-state index >= 15 is 0 Å². The fourth-order valence-electron chi connectivity index (χ4n) is 2.79. The molecule has 0 aliphatic heterocycles. The first-order valence-electron chi connectivity index (χ1n) is 6.82. The SMILES string of the molecule is CNC1CCCc2c(OCc3cccs3)cccc21. The third-order valence-corrected chi connectivity index (χ3v) is 4.61. The zero-order chi connectivity index (χ0) is 13.1. The van der Waals surface area contributed by atoms with Crippen molar-refractivity contribution in [2.24, 2.45) is 0 Å². The van der Waals surface area contributed by atoms with E-state index < -0.39 is 0 Å². The van der Waals surface area contributed by atoms with Crippen molar-refractivity contribution < 1.29 is 4.74 Å². The van der Waals surface area contributed by atoms with Gasteiger partial charge < -0.3 is 10.1 Å². The summed E-state index contributed by atoms with van der Waals surface area (Å²) in [5.41, 5.74) is 2.81. The molecular formula is C16H19NOS. The van der Waals surface area contributed by atoms with Crippen molar-refractivity contribution in [3.63, 3.8) is 0 Å². The van der Waals surface area contributed by atoms with Gasteiger partial charge in [-0.15, -0.1) is 11.3 Å². The number of rotatable bonds is 4. The van der Waals surface area contributed by atoms with Crippen molar-refractivity contribution in [1.29, 1.82) is 0 Å². The molecule has 100 valence electrons. The van der Waals surface area contributed by atoms with Crippen LogP contribution in [0.5, 0.6) is 5.75 Å². The van der Waals surface area contributed by atoms with E-state index in [1.165, 1.54) is 28.8 Å². The van der Waals surface area contributed by atoms with Crippen molar-refractivity contribution in [1.82, 2.24) is 5.32 Å². The van der Waals surface area contributed by atoms with Crippen LogP contribution in [0.15, 0.2) is 35.7 Å². The van der Waals surface area contributed by atoms with Crippen LogP contribution in [-0.4, -0.2) is 7.05 Å². The molecular weight excluding hydrogens is 254 g/mol. The van der Waals surface area contributed by atoms with Gasteiger partial charge in [0.15, 0.2) is 0 Å². The molecule has 1 atom stereocenters. The molecule has 3 heteroatoms. The predicted molar refractivity (Wildman–Crippen MR) is 79.8 cm³/mol. The first-order valence-corrected chi connectivity index (χ1v) is 7.70.